The van der Waals surface area contributed by atoms with Gasteiger partial charge in [-0.3, -0.25) is 15.4 Å². The van der Waals surface area contributed by atoms with Gasteiger partial charge in [-0.2, -0.15) is 13.2 Å². The van der Waals surface area contributed by atoms with Crippen LogP contribution in [0, 0.1) is 10.8 Å². The van der Waals surface area contributed by atoms with E-state index in [0.717, 1.165) is 6.20 Å². The van der Waals surface area contributed by atoms with Crippen molar-refractivity contribution in [3.8, 4) is 11.1 Å². The number of halogens is 3. The zero-order valence-corrected chi connectivity index (χ0v) is 10.2. The van der Waals surface area contributed by atoms with Crippen molar-refractivity contribution in [2.75, 3.05) is 5.73 Å². The van der Waals surface area contributed by atoms with E-state index in [2.05, 4.69) is 0 Å². The van der Waals surface area contributed by atoms with Gasteiger partial charge in [0.05, 0.1) is 0 Å². The molecule has 0 amide bonds. The SMILES string of the molecule is N=C(n1cc(-c2ccc(N)cc2)ccc1=N)C(F)(F)F. The Hall–Kier alpha value is -2.57. The highest BCUT2D eigenvalue weighted by molar-refractivity contribution is 5.87. The topological polar surface area (TPSA) is 78.7 Å². The summed E-state index contributed by atoms with van der Waals surface area (Å²) in [5.74, 6) is -1.60. The number of alkyl halides is 3. The Morgan fingerprint density at radius 3 is 2.10 bits per heavy atom. The molecule has 2 rings (SSSR count). The van der Waals surface area contributed by atoms with Crippen molar-refractivity contribution in [2.24, 2.45) is 0 Å². The van der Waals surface area contributed by atoms with E-state index in [4.69, 9.17) is 16.6 Å². The number of nitrogens with zero attached hydrogens (tertiary/aromatic N) is 1. The molecule has 0 radical (unpaired) electrons. The second kappa shape index (κ2) is 4.84. The van der Waals surface area contributed by atoms with Crippen molar-refractivity contribution < 1.29 is 13.2 Å². The molecule has 2 aromatic rings. The summed E-state index contributed by atoms with van der Waals surface area (Å²) in [5.41, 5.74) is 6.80. The summed E-state index contributed by atoms with van der Waals surface area (Å²) < 4.78 is 38.2. The quantitative estimate of drug-likeness (QED) is 0.419. The smallest absolute Gasteiger partial charge is 0.399 e. The van der Waals surface area contributed by atoms with Gasteiger partial charge in [-0.25, -0.2) is 0 Å². The Labute approximate surface area is 112 Å². The first-order valence-corrected chi connectivity index (χ1v) is 5.58. The lowest BCUT2D eigenvalue weighted by molar-refractivity contribution is -0.0626. The zero-order chi connectivity index (χ0) is 14.9. The summed E-state index contributed by atoms with van der Waals surface area (Å²) in [6.45, 7) is 0. The number of hydrogen-bond acceptors (Lipinski definition) is 3. The number of nitrogens with one attached hydrogen (secondary N) is 2. The minimum Gasteiger partial charge on any atom is -0.399 e. The summed E-state index contributed by atoms with van der Waals surface area (Å²) in [6, 6.07) is 9.32. The van der Waals surface area contributed by atoms with Crippen molar-refractivity contribution in [1.29, 1.82) is 10.8 Å². The first-order valence-electron chi connectivity index (χ1n) is 5.58. The van der Waals surface area contributed by atoms with E-state index in [1.54, 1.807) is 24.3 Å². The van der Waals surface area contributed by atoms with Crippen LogP contribution in [0.15, 0.2) is 42.6 Å². The van der Waals surface area contributed by atoms with Gasteiger partial charge in [0.1, 0.15) is 5.49 Å². The molecule has 7 heteroatoms. The van der Waals surface area contributed by atoms with Crippen LogP contribution in [0.5, 0.6) is 0 Å². The number of anilines is 1. The van der Waals surface area contributed by atoms with Crippen molar-refractivity contribution >= 4 is 11.5 Å². The van der Waals surface area contributed by atoms with Crippen molar-refractivity contribution in [2.45, 2.75) is 6.18 Å². The number of aromatic nitrogens is 1. The van der Waals surface area contributed by atoms with Crippen LogP contribution >= 0.6 is 0 Å². The lowest BCUT2D eigenvalue weighted by atomic mass is 10.1. The van der Waals surface area contributed by atoms with E-state index in [1.165, 1.54) is 12.1 Å². The first-order chi connectivity index (χ1) is 9.29. The monoisotopic (exact) mass is 280 g/mol. The molecule has 20 heavy (non-hydrogen) atoms. The van der Waals surface area contributed by atoms with Crippen LogP contribution in [0.1, 0.15) is 0 Å². The average molecular weight is 280 g/mol. The Bertz CT molecular complexity index is 699. The van der Waals surface area contributed by atoms with Gasteiger partial charge >= 0.3 is 6.18 Å². The van der Waals surface area contributed by atoms with Gasteiger partial charge in [0.15, 0.2) is 0 Å². The van der Waals surface area contributed by atoms with Gasteiger partial charge in [0.2, 0.25) is 5.84 Å². The first kappa shape index (κ1) is 13.9. The van der Waals surface area contributed by atoms with Gasteiger partial charge in [-0.1, -0.05) is 12.1 Å². The summed E-state index contributed by atoms with van der Waals surface area (Å²) in [4.78, 5) is 0. The van der Waals surface area contributed by atoms with Crippen LogP contribution in [-0.4, -0.2) is 16.6 Å². The van der Waals surface area contributed by atoms with Crippen LogP contribution in [0.25, 0.3) is 11.1 Å². The molecule has 0 spiro atoms. The fourth-order valence-electron chi connectivity index (χ4n) is 1.67. The largest absolute Gasteiger partial charge is 0.449 e. The number of nitrogens with two attached hydrogens (primary N) is 1. The molecule has 104 valence electrons. The fraction of sp³-hybridized carbons (Fsp3) is 0.0769. The second-order valence-electron chi connectivity index (χ2n) is 4.14. The predicted octanol–water partition coefficient (Wildman–Crippen LogP) is 2.60. The molecule has 1 aromatic carbocycles. The number of benzene rings is 1. The Morgan fingerprint density at radius 1 is 1.00 bits per heavy atom. The maximum absolute atomic E-state index is 12.6. The zero-order valence-electron chi connectivity index (χ0n) is 10.2. The molecule has 4 nitrogen and oxygen atoms in total. The molecule has 0 aliphatic rings. The normalized spacial score (nSPS) is 11.3. The molecular formula is C13H11F3N4. The standard InChI is InChI=1S/C13H11F3N4/c14-13(15,16)12(19)20-7-9(3-6-11(20)18)8-1-4-10(17)5-2-8/h1-7,18-19H,17H2. The van der Waals surface area contributed by atoms with Crippen LogP contribution < -0.4 is 11.2 Å². The summed E-state index contributed by atoms with van der Waals surface area (Å²) >= 11 is 0. The van der Waals surface area contributed by atoms with Gasteiger partial charge in [-0.15, -0.1) is 0 Å². The molecule has 0 atom stereocenters. The molecule has 1 heterocycles. The summed E-state index contributed by atoms with van der Waals surface area (Å²) in [5, 5.41) is 14.6. The third kappa shape index (κ3) is 2.71. The van der Waals surface area contributed by atoms with E-state index in [-0.39, 0.29) is 0 Å². The highest BCUT2D eigenvalue weighted by Gasteiger charge is 2.36. The number of nitrogen functional groups attached to an aromatic ring is 1. The van der Waals surface area contributed by atoms with Gasteiger partial charge in [0, 0.05) is 11.9 Å². The Balaban J connectivity index is 2.51. The molecule has 1 aromatic heterocycles. The lowest BCUT2D eigenvalue weighted by Gasteiger charge is -2.13. The molecule has 0 saturated heterocycles. The average Bonchev–Trinajstić information content (AvgIpc) is 2.38. The van der Waals surface area contributed by atoms with Crippen LogP contribution in [0.2, 0.25) is 0 Å². The summed E-state index contributed by atoms with van der Waals surface area (Å²) in [6.07, 6.45) is -3.69. The van der Waals surface area contributed by atoms with Gasteiger partial charge < -0.3 is 5.73 Å². The molecule has 4 N–H and O–H groups in total. The van der Waals surface area contributed by atoms with Crippen molar-refractivity contribution in [1.82, 2.24) is 4.57 Å². The molecule has 0 fully saturated rings. The van der Waals surface area contributed by atoms with E-state index in [9.17, 15) is 13.2 Å². The van der Waals surface area contributed by atoms with E-state index in [0.29, 0.717) is 21.4 Å². The molecule has 0 saturated carbocycles. The highest BCUT2D eigenvalue weighted by atomic mass is 19.4. The number of hydrogen-bond donors (Lipinski definition) is 3. The highest BCUT2D eigenvalue weighted by Crippen LogP contribution is 2.21. The predicted molar refractivity (Wildman–Crippen MR) is 69.3 cm³/mol. The van der Waals surface area contributed by atoms with Gasteiger partial charge in [-0.05, 0) is 35.4 Å². The maximum atomic E-state index is 12.6. The molecule has 0 aliphatic carbocycles. The fourth-order valence-corrected chi connectivity index (χ4v) is 1.67. The van der Waals surface area contributed by atoms with E-state index in [1.807, 2.05) is 0 Å². The Kier molecular flexibility index (Phi) is 3.35. The second-order valence-corrected chi connectivity index (χ2v) is 4.14. The number of rotatable bonds is 1. The third-order valence-electron chi connectivity index (χ3n) is 2.70. The van der Waals surface area contributed by atoms with E-state index < -0.39 is 17.5 Å². The Morgan fingerprint density at radius 2 is 1.55 bits per heavy atom. The minimum atomic E-state index is -4.81. The molecule has 0 unspecified atom stereocenters. The molecule has 0 bridgehead atoms. The molecule has 0 aliphatic heterocycles. The van der Waals surface area contributed by atoms with Crippen LogP contribution in [0.3, 0.4) is 0 Å². The maximum Gasteiger partial charge on any atom is 0.449 e. The third-order valence-corrected chi connectivity index (χ3v) is 2.70. The number of pyridine rings is 1. The van der Waals surface area contributed by atoms with Crippen LogP contribution in [-0.2, 0) is 0 Å². The van der Waals surface area contributed by atoms with Crippen LogP contribution in [0.4, 0.5) is 18.9 Å². The molecular weight excluding hydrogens is 269 g/mol. The van der Waals surface area contributed by atoms with Crippen molar-refractivity contribution in [3.05, 3.63) is 48.1 Å². The van der Waals surface area contributed by atoms with Crippen molar-refractivity contribution in [3.63, 3.8) is 0 Å². The van der Waals surface area contributed by atoms with E-state index >= 15 is 0 Å². The summed E-state index contributed by atoms with van der Waals surface area (Å²) in [7, 11) is 0. The minimum absolute atomic E-state index is 0.411. The lowest BCUT2D eigenvalue weighted by Crippen LogP contribution is -2.36. The van der Waals surface area contributed by atoms with Gasteiger partial charge in [0.25, 0.3) is 0 Å².